The number of halogens is 1. The van der Waals surface area contributed by atoms with E-state index >= 15 is 0 Å². The van der Waals surface area contributed by atoms with Gasteiger partial charge in [0.2, 0.25) is 10.0 Å². The molecule has 0 saturated heterocycles. The molecule has 0 atom stereocenters. The van der Waals surface area contributed by atoms with Crippen molar-refractivity contribution in [3.63, 3.8) is 0 Å². The first-order chi connectivity index (χ1) is 9.30. The van der Waals surface area contributed by atoms with Crippen LogP contribution >= 0.6 is 0 Å². The number of hydrogen-bond acceptors (Lipinski definition) is 4. The highest BCUT2D eigenvalue weighted by molar-refractivity contribution is 7.89. The van der Waals surface area contributed by atoms with Gasteiger partial charge in [-0.3, -0.25) is 0 Å². The van der Waals surface area contributed by atoms with Crippen molar-refractivity contribution in [3.05, 3.63) is 23.5 Å². The van der Waals surface area contributed by atoms with Gasteiger partial charge in [0.15, 0.2) is 0 Å². The summed E-state index contributed by atoms with van der Waals surface area (Å²) < 4.78 is 40.8. The molecule has 112 valence electrons. The number of sulfonamides is 1. The molecule has 0 spiro atoms. The molecule has 1 aliphatic carbocycles. The van der Waals surface area contributed by atoms with Crippen molar-refractivity contribution in [2.24, 2.45) is 0 Å². The van der Waals surface area contributed by atoms with Gasteiger partial charge >= 0.3 is 0 Å². The first kappa shape index (κ1) is 15.2. The lowest BCUT2D eigenvalue weighted by molar-refractivity contribution is 0.185. The van der Waals surface area contributed by atoms with E-state index in [-0.39, 0.29) is 22.8 Å². The highest BCUT2D eigenvalue weighted by Crippen LogP contribution is 2.31. The van der Waals surface area contributed by atoms with Gasteiger partial charge in [0.1, 0.15) is 5.82 Å². The summed E-state index contributed by atoms with van der Waals surface area (Å²) >= 11 is 0. The second-order valence-electron chi connectivity index (χ2n) is 5.39. The van der Waals surface area contributed by atoms with Crippen molar-refractivity contribution in [3.8, 4) is 0 Å². The van der Waals surface area contributed by atoms with Gasteiger partial charge in [0.05, 0.1) is 22.7 Å². The van der Waals surface area contributed by atoms with Gasteiger partial charge in [-0.2, -0.15) is 0 Å². The summed E-state index contributed by atoms with van der Waals surface area (Å²) in [6.07, 6.45) is 2.93. The average molecular weight is 302 g/mol. The van der Waals surface area contributed by atoms with Crippen molar-refractivity contribution < 1.29 is 17.9 Å². The quantitative estimate of drug-likeness (QED) is 0.731. The number of nitrogens with two attached hydrogens (primary N) is 1. The van der Waals surface area contributed by atoms with E-state index in [0.29, 0.717) is 12.8 Å². The normalized spacial score (nSPS) is 18.4. The lowest BCUT2D eigenvalue weighted by Crippen LogP contribution is -2.49. The number of aliphatic hydroxyl groups is 1. The van der Waals surface area contributed by atoms with Gasteiger partial charge < -0.3 is 10.8 Å². The van der Waals surface area contributed by atoms with Gasteiger partial charge in [0.25, 0.3) is 0 Å². The second-order valence-corrected chi connectivity index (χ2v) is 7.04. The molecule has 0 amide bonds. The molecule has 0 aromatic heterocycles. The topological polar surface area (TPSA) is 92.4 Å². The third-order valence-corrected chi connectivity index (χ3v) is 5.52. The Morgan fingerprint density at radius 3 is 2.55 bits per heavy atom. The van der Waals surface area contributed by atoms with Gasteiger partial charge in [-0.05, 0) is 37.5 Å². The fraction of sp³-hybridized carbons (Fsp3) is 0.538. The van der Waals surface area contributed by atoms with Crippen LogP contribution in [0.3, 0.4) is 0 Å². The number of aliphatic hydroxyl groups excluding tert-OH is 1. The van der Waals surface area contributed by atoms with Crippen LogP contribution in [0.2, 0.25) is 0 Å². The fourth-order valence-electron chi connectivity index (χ4n) is 2.64. The Kier molecular flexibility index (Phi) is 4.04. The largest absolute Gasteiger partial charge is 0.396 e. The zero-order chi connectivity index (χ0) is 15.0. The van der Waals surface area contributed by atoms with E-state index in [2.05, 4.69) is 4.72 Å². The molecule has 0 bridgehead atoms. The zero-order valence-corrected chi connectivity index (χ0v) is 12.1. The molecule has 1 saturated carbocycles. The maximum Gasteiger partial charge on any atom is 0.241 e. The summed E-state index contributed by atoms with van der Waals surface area (Å²) in [5.74, 6) is -0.640. The third-order valence-electron chi connectivity index (χ3n) is 3.80. The van der Waals surface area contributed by atoms with Crippen molar-refractivity contribution in [2.75, 3.05) is 12.3 Å². The number of nitrogens with one attached hydrogen (secondary N) is 1. The summed E-state index contributed by atoms with van der Waals surface area (Å²) in [6.45, 7) is 1.26. The standard InChI is InChI=1S/C13H19FN2O3S/c1-9-6-10(14)11(15)7-12(9)20(18,19)16-13(8-17)4-2-3-5-13/h6-7,16-17H,2-5,8,15H2,1H3. The molecule has 1 aromatic carbocycles. The number of anilines is 1. The molecule has 20 heavy (non-hydrogen) atoms. The first-order valence-electron chi connectivity index (χ1n) is 6.50. The summed E-state index contributed by atoms with van der Waals surface area (Å²) in [6, 6.07) is 2.22. The van der Waals surface area contributed by atoms with Crippen LogP contribution in [0, 0.1) is 12.7 Å². The van der Waals surface area contributed by atoms with Crippen LogP contribution in [0.15, 0.2) is 17.0 Å². The number of rotatable bonds is 4. The third kappa shape index (κ3) is 2.79. The smallest absolute Gasteiger partial charge is 0.241 e. The van der Waals surface area contributed by atoms with Crippen molar-refractivity contribution in [1.82, 2.24) is 4.72 Å². The van der Waals surface area contributed by atoms with Gasteiger partial charge in [0, 0.05) is 0 Å². The van der Waals surface area contributed by atoms with E-state index in [4.69, 9.17) is 5.73 Å². The maximum absolute atomic E-state index is 13.3. The van der Waals surface area contributed by atoms with Gasteiger partial charge in [-0.25, -0.2) is 17.5 Å². The first-order valence-corrected chi connectivity index (χ1v) is 7.98. The predicted molar refractivity (Wildman–Crippen MR) is 74.2 cm³/mol. The van der Waals surface area contributed by atoms with Crippen LogP contribution in [-0.2, 0) is 10.0 Å². The lowest BCUT2D eigenvalue weighted by atomic mass is 10.0. The second kappa shape index (κ2) is 5.31. The van der Waals surface area contributed by atoms with E-state index in [1.807, 2.05) is 0 Å². The molecule has 2 rings (SSSR count). The summed E-state index contributed by atoms with van der Waals surface area (Å²) in [5, 5.41) is 9.48. The monoisotopic (exact) mass is 302 g/mol. The molecule has 0 radical (unpaired) electrons. The fourth-order valence-corrected chi connectivity index (χ4v) is 4.36. The zero-order valence-electron chi connectivity index (χ0n) is 11.3. The molecule has 1 aliphatic rings. The number of benzene rings is 1. The average Bonchev–Trinajstić information content (AvgIpc) is 2.82. The van der Waals surface area contributed by atoms with Crippen LogP contribution in [0.25, 0.3) is 0 Å². The highest BCUT2D eigenvalue weighted by atomic mass is 32.2. The SMILES string of the molecule is Cc1cc(F)c(N)cc1S(=O)(=O)NC1(CO)CCCC1. The van der Waals surface area contributed by atoms with Crippen LogP contribution in [0.1, 0.15) is 31.2 Å². The van der Waals surface area contributed by atoms with Gasteiger partial charge in [-0.15, -0.1) is 0 Å². The lowest BCUT2D eigenvalue weighted by Gasteiger charge is -2.28. The highest BCUT2D eigenvalue weighted by Gasteiger charge is 2.38. The number of aryl methyl sites for hydroxylation is 1. The molecule has 1 aromatic rings. The molecule has 4 N–H and O–H groups in total. The van der Waals surface area contributed by atoms with E-state index in [9.17, 15) is 17.9 Å². The van der Waals surface area contributed by atoms with Crippen LogP contribution in [-0.4, -0.2) is 25.7 Å². The Morgan fingerprint density at radius 2 is 2.00 bits per heavy atom. The van der Waals surface area contributed by atoms with Crippen molar-refractivity contribution >= 4 is 15.7 Å². The van der Waals surface area contributed by atoms with Crippen LogP contribution < -0.4 is 10.5 Å². The molecular weight excluding hydrogens is 283 g/mol. The molecule has 0 aliphatic heterocycles. The Labute approximate surface area is 118 Å². The molecular formula is C13H19FN2O3S. The minimum absolute atomic E-state index is 0.0453. The van der Waals surface area contributed by atoms with E-state index in [1.165, 1.54) is 6.92 Å². The Bertz CT molecular complexity index is 610. The summed E-state index contributed by atoms with van der Waals surface area (Å²) in [4.78, 5) is -0.0453. The summed E-state index contributed by atoms with van der Waals surface area (Å²) in [7, 11) is -3.84. The Balaban J connectivity index is 2.38. The number of nitrogen functional groups attached to an aromatic ring is 1. The van der Waals surface area contributed by atoms with Crippen molar-refractivity contribution in [2.45, 2.75) is 43.0 Å². The number of hydrogen-bond donors (Lipinski definition) is 3. The molecule has 1 fully saturated rings. The van der Waals surface area contributed by atoms with E-state index < -0.39 is 21.4 Å². The summed E-state index contributed by atoms with van der Waals surface area (Å²) in [5.41, 5.74) is 4.71. The van der Waals surface area contributed by atoms with E-state index in [1.54, 1.807) is 0 Å². The van der Waals surface area contributed by atoms with Crippen molar-refractivity contribution in [1.29, 1.82) is 0 Å². The van der Waals surface area contributed by atoms with Gasteiger partial charge in [-0.1, -0.05) is 12.8 Å². The van der Waals surface area contributed by atoms with Crippen LogP contribution in [0.5, 0.6) is 0 Å². The van der Waals surface area contributed by atoms with E-state index in [0.717, 1.165) is 25.0 Å². The molecule has 0 unspecified atom stereocenters. The predicted octanol–water partition coefficient (Wildman–Crippen LogP) is 1.30. The molecule has 5 nitrogen and oxygen atoms in total. The van der Waals surface area contributed by atoms with Crippen LogP contribution in [0.4, 0.5) is 10.1 Å². The maximum atomic E-state index is 13.3. The Hall–Kier alpha value is -1.18. The minimum Gasteiger partial charge on any atom is -0.396 e. The minimum atomic E-state index is -3.84. The molecule has 7 heteroatoms. The molecule has 0 heterocycles. The Morgan fingerprint density at radius 1 is 1.40 bits per heavy atom.